The van der Waals surface area contributed by atoms with Crippen molar-refractivity contribution in [3.63, 3.8) is 0 Å². The minimum Gasteiger partial charge on any atom is -0.204 e. The van der Waals surface area contributed by atoms with Crippen LogP contribution < -0.4 is 0 Å². The van der Waals surface area contributed by atoms with Crippen molar-refractivity contribution in [3.8, 4) is 0 Å². The number of benzene rings is 2. The minimum absolute atomic E-state index is 0.147. The van der Waals surface area contributed by atoms with Gasteiger partial charge in [-0.1, -0.05) is 30.3 Å². The van der Waals surface area contributed by atoms with Gasteiger partial charge in [-0.2, -0.15) is 0 Å². The summed E-state index contributed by atoms with van der Waals surface area (Å²) in [7, 11) is 2.14. The average Bonchev–Trinajstić information content (AvgIpc) is 2.49. The highest BCUT2D eigenvalue weighted by Crippen LogP contribution is 2.40. The van der Waals surface area contributed by atoms with E-state index >= 15 is 0 Å². The molecule has 0 aliphatic carbocycles. The third kappa shape index (κ3) is 1.15. The van der Waals surface area contributed by atoms with E-state index in [1.807, 2.05) is 0 Å². The molecule has 0 radical (unpaired) electrons. The number of nitrogens with zero attached hydrogens (tertiary/aromatic N) is 1. The van der Waals surface area contributed by atoms with Crippen LogP contribution in [0.3, 0.4) is 0 Å². The molecule has 0 bridgehead atoms. The molecule has 0 N–H and O–H groups in total. The molecule has 16 heavy (non-hydrogen) atoms. The Morgan fingerprint density at radius 3 is 2.56 bits per heavy atom. The zero-order chi connectivity index (χ0) is 11.3. The van der Waals surface area contributed by atoms with Gasteiger partial charge in [0, 0.05) is 5.56 Å². The summed E-state index contributed by atoms with van der Waals surface area (Å²) in [6, 6.07) is 13.1. The summed E-state index contributed by atoms with van der Waals surface area (Å²) in [5, 5.41) is 2.67. The normalized spacial score (nSPS) is 17.3. The quantitative estimate of drug-likeness (QED) is 0.586. The Morgan fingerprint density at radius 1 is 1.00 bits per heavy atom. The molecule has 0 spiro atoms. The van der Waals surface area contributed by atoms with Crippen LogP contribution in [0.15, 0.2) is 36.4 Å². The molecule has 0 amide bonds. The highest BCUT2D eigenvalue weighted by Gasteiger charge is 2.36. The smallest absolute Gasteiger partial charge is 0.204 e. The van der Waals surface area contributed by atoms with Crippen LogP contribution in [0.1, 0.15) is 19.4 Å². The molecule has 3 rings (SSSR count). The van der Waals surface area contributed by atoms with Crippen LogP contribution in [-0.2, 0) is 5.41 Å². The predicted octanol–water partition coefficient (Wildman–Crippen LogP) is 3.48. The zero-order valence-corrected chi connectivity index (χ0v) is 9.99. The second kappa shape index (κ2) is 2.94. The Hall–Kier alpha value is -1.63. The van der Waals surface area contributed by atoms with E-state index in [1.54, 1.807) is 0 Å². The molecule has 1 heteroatoms. The Morgan fingerprint density at radius 2 is 1.75 bits per heavy atom. The fourth-order valence-electron chi connectivity index (χ4n) is 2.77. The van der Waals surface area contributed by atoms with Crippen molar-refractivity contribution in [2.75, 3.05) is 7.05 Å². The van der Waals surface area contributed by atoms with Crippen LogP contribution in [0, 0.1) is 0 Å². The molecule has 2 aromatic carbocycles. The second-order valence-electron chi connectivity index (χ2n) is 5.14. The maximum Gasteiger partial charge on any atom is 0.216 e. The van der Waals surface area contributed by atoms with Gasteiger partial charge in [0.2, 0.25) is 5.69 Å². The van der Waals surface area contributed by atoms with Crippen LogP contribution in [-0.4, -0.2) is 17.8 Å². The van der Waals surface area contributed by atoms with Crippen molar-refractivity contribution in [1.82, 2.24) is 0 Å². The van der Waals surface area contributed by atoms with E-state index in [2.05, 4.69) is 68.1 Å². The lowest BCUT2D eigenvalue weighted by molar-refractivity contribution is -0.395. The van der Waals surface area contributed by atoms with Gasteiger partial charge in [0.1, 0.15) is 7.05 Å². The van der Waals surface area contributed by atoms with Gasteiger partial charge in [-0.25, -0.2) is 4.58 Å². The van der Waals surface area contributed by atoms with E-state index < -0.39 is 0 Å². The van der Waals surface area contributed by atoms with E-state index in [0.29, 0.717) is 0 Å². The Balaban J connectivity index is 2.46. The lowest BCUT2D eigenvalue weighted by atomic mass is 9.86. The van der Waals surface area contributed by atoms with E-state index in [9.17, 15) is 0 Å². The standard InChI is InChI=1S/C15H16N/c1-15(2)10-16(3)14-12-7-5-4-6-11(12)8-9-13(14)15/h4-10H,1-3H3/q+1. The molecule has 2 aromatic rings. The van der Waals surface area contributed by atoms with Gasteiger partial charge in [-0.15, -0.1) is 0 Å². The minimum atomic E-state index is 0.147. The molecule has 0 saturated heterocycles. The molecule has 0 unspecified atom stereocenters. The Bertz CT molecular complexity index is 606. The zero-order valence-electron chi connectivity index (χ0n) is 9.99. The Labute approximate surface area is 96.0 Å². The van der Waals surface area contributed by atoms with Gasteiger partial charge in [0.25, 0.3) is 0 Å². The summed E-state index contributed by atoms with van der Waals surface area (Å²) in [5.74, 6) is 0. The third-order valence-electron chi connectivity index (χ3n) is 3.46. The van der Waals surface area contributed by atoms with Crippen LogP contribution in [0.4, 0.5) is 5.69 Å². The first kappa shape index (κ1) is 9.59. The largest absolute Gasteiger partial charge is 0.216 e. The molecule has 0 saturated carbocycles. The molecule has 1 nitrogen and oxygen atoms in total. The number of hydrogen-bond acceptors (Lipinski definition) is 0. The maximum absolute atomic E-state index is 2.30. The SMILES string of the molecule is C[N+]1=CC(C)(C)c2ccc3ccccc3c21. The van der Waals surface area contributed by atoms with Crippen molar-refractivity contribution in [1.29, 1.82) is 0 Å². The summed E-state index contributed by atoms with van der Waals surface area (Å²) < 4.78 is 2.26. The summed E-state index contributed by atoms with van der Waals surface area (Å²) >= 11 is 0. The molecule has 0 fully saturated rings. The van der Waals surface area contributed by atoms with Gasteiger partial charge >= 0.3 is 0 Å². The topological polar surface area (TPSA) is 3.01 Å². The number of fused-ring (bicyclic) bond motifs is 3. The lowest BCUT2D eigenvalue weighted by Gasteiger charge is -2.11. The van der Waals surface area contributed by atoms with Gasteiger partial charge < -0.3 is 0 Å². The number of rotatable bonds is 0. The van der Waals surface area contributed by atoms with Crippen LogP contribution in [0.2, 0.25) is 0 Å². The molecule has 1 heterocycles. The third-order valence-corrected chi connectivity index (χ3v) is 3.46. The average molecular weight is 210 g/mol. The fraction of sp³-hybridized carbons (Fsp3) is 0.267. The fourth-order valence-corrected chi connectivity index (χ4v) is 2.77. The second-order valence-corrected chi connectivity index (χ2v) is 5.14. The molecule has 1 aliphatic rings. The van der Waals surface area contributed by atoms with Gasteiger partial charge in [0.15, 0.2) is 6.21 Å². The summed E-state index contributed by atoms with van der Waals surface area (Å²) in [6.07, 6.45) is 2.30. The first-order valence-corrected chi connectivity index (χ1v) is 5.71. The molecule has 0 aromatic heterocycles. The summed E-state index contributed by atoms with van der Waals surface area (Å²) in [6.45, 7) is 4.54. The molecule has 0 atom stereocenters. The van der Waals surface area contributed by atoms with E-state index in [1.165, 1.54) is 22.0 Å². The van der Waals surface area contributed by atoms with E-state index in [0.717, 1.165) is 0 Å². The van der Waals surface area contributed by atoms with Crippen molar-refractivity contribution in [2.45, 2.75) is 19.3 Å². The van der Waals surface area contributed by atoms with Crippen molar-refractivity contribution >= 4 is 22.7 Å². The molecule has 1 aliphatic heterocycles. The number of hydrogen-bond donors (Lipinski definition) is 0. The van der Waals surface area contributed by atoms with Crippen molar-refractivity contribution in [2.24, 2.45) is 0 Å². The molecular weight excluding hydrogens is 194 g/mol. The van der Waals surface area contributed by atoms with Gasteiger partial charge in [-0.05, 0) is 25.3 Å². The predicted molar refractivity (Wildman–Crippen MR) is 68.9 cm³/mol. The van der Waals surface area contributed by atoms with Crippen molar-refractivity contribution in [3.05, 3.63) is 42.0 Å². The highest BCUT2D eigenvalue weighted by atomic mass is 15.0. The van der Waals surface area contributed by atoms with Crippen LogP contribution in [0.5, 0.6) is 0 Å². The van der Waals surface area contributed by atoms with Gasteiger partial charge in [0.05, 0.1) is 10.8 Å². The van der Waals surface area contributed by atoms with Crippen LogP contribution in [0.25, 0.3) is 10.8 Å². The van der Waals surface area contributed by atoms with E-state index in [-0.39, 0.29) is 5.41 Å². The summed E-state index contributed by atoms with van der Waals surface area (Å²) in [5.41, 5.74) is 2.94. The monoisotopic (exact) mass is 210 g/mol. The molecule has 80 valence electrons. The highest BCUT2D eigenvalue weighted by molar-refractivity contribution is 5.96. The Kier molecular flexibility index (Phi) is 1.76. The molecular formula is C15H16N+. The first-order chi connectivity index (χ1) is 7.59. The summed E-state index contributed by atoms with van der Waals surface area (Å²) in [4.78, 5) is 0. The van der Waals surface area contributed by atoms with Crippen LogP contribution >= 0.6 is 0 Å². The van der Waals surface area contributed by atoms with Crippen molar-refractivity contribution < 1.29 is 4.58 Å². The lowest BCUT2D eigenvalue weighted by Crippen LogP contribution is -2.15. The van der Waals surface area contributed by atoms with Gasteiger partial charge in [-0.3, -0.25) is 0 Å². The van der Waals surface area contributed by atoms with E-state index in [4.69, 9.17) is 0 Å². The maximum atomic E-state index is 2.30. The first-order valence-electron chi connectivity index (χ1n) is 5.71.